The number of hydrogen-bond donors (Lipinski definition) is 3. The maximum atomic E-state index is 12.7. The number of aromatic nitrogens is 5. The largest absolute Gasteiger partial charge is 0.497 e. The minimum absolute atomic E-state index is 0.0263. The minimum Gasteiger partial charge on any atom is -0.497 e. The summed E-state index contributed by atoms with van der Waals surface area (Å²) >= 11 is 0. The number of aromatic amines is 2. The molecule has 0 saturated carbocycles. The maximum Gasteiger partial charge on any atom is 0.223 e. The van der Waals surface area contributed by atoms with Crippen molar-refractivity contribution in [2.45, 2.75) is 19.3 Å². The molecule has 0 radical (unpaired) electrons. The molecule has 0 bridgehead atoms. The number of hydrogen-bond acceptors (Lipinski definition) is 6. The lowest BCUT2D eigenvalue weighted by Gasteiger charge is -2.32. The molecule has 4 aromatic rings. The number of nitrogens with one attached hydrogen (secondary N) is 3. The molecule has 31 heavy (non-hydrogen) atoms. The number of nitrogens with zero attached hydrogens (tertiary/aromatic N) is 4. The van der Waals surface area contributed by atoms with E-state index < -0.39 is 0 Å². The van der Waals surface area contributed by atoms with Gasteiger partial charge < -0.3 is 24.9 Å². The molecule has 9 nitrogen and oxygen atoms in total. The highest BCUT2D eigenvalue weighted by atomic mass is 16.5. The van der Waals surface area contributed by atoms with Crippen LogP contribution in [0.15, 0.2) is 37.1 Å². The van der Waals surface area contributed by atoms with Gasteiger partial charge in [0.2, 0.25) is 5.91 Å². The molecule has 1 amide bonds. The lowest BCUT2D eigenvalue weighted by Crippen LogP contribution is -2.41. The van der Waals surface area contributed by atoms with Crippen LogP contribution in [0, 0.1) is 5.92 Å². The molecule has 160 valence electrons. The van der Waals surface area contributed by atoms with Gasteiger partial charge in [-0.25, -0.2) is 15.0 Å². The van der Waals surface area contributed by atoms with Crippen LogP contribution in [0.1, 0.15) is 18.4 Å². The second-order valence-electron chi connectivity index (χ2n) is 7.83. The number of imidazole rings is 1. The van der Waals surface area contributed by atoms with Crippen LogP contribution in [0.4, 0.5) is 5.82 Å². The van der Waals surface area contributed by atoms with Crippen molar-refractivity contribution in [3.63, 3.8) is 0 Å². The van der Waals surface area contributed by atoms with Gasteiger partial charge in [-0.1, -0.05) is 0 Å². The number of carbonyl (C=O) groups is 1. The zero-order valence-corrected chi connectivity index (χ0v) is 17.4. The van der Waals surface area contributed by atoms with Crippen molar-refractivity contribution in [3.05, 3.63) is 42.6 Å². The average Bonchev–Trinajstić information content (AvgIpc) is 3.45. The molecular formula is C22H25N7O2. The average molecular weight is 419 g/mol. The lowest BCUT2D eigenvalue weighted by molar-refractivity contribution is -0.125. The van der Waals surface area contributed by atoms with Gasteiger partial charge in [-0.05, 0) is 43.0 Å². The molecule has 4 heterocycles. The fourth-order valence-corrected chi connectivity index (χ4v) is 4.30. The van der Waals surface area contributed by atoms with Crippen LogP contribution < -0.4 is 15.0 Å². The quantitative estimate of drug-likeness (QED) is 0.443. The first-order chi connectivity index (χ1) is 15.2. The van der Waals surface area contributed by atoms with Crippen LogP contribution in [0.5, 0.6) is 5.75 Å². The molecule has 3 N–H and O–H groups in total. The van der Waals surface area contributed by atoms with Gasteiger partial charge in [0, 0.05) is 42.7 Å². The van der Waals surface area contributed by atoms with Gasteiger partial charge in [-0.15, -0.1) is 0 Å². The number of benzene rings is 1. The molecule has 5 rings (SSSR count). The molecule has 0 spiro atoms. The summed E-state index contributed by atoms with van der Waals surface area (Å²) in [7, 11) is 1.67. The van der Waals surface area contributed by atoms with E-state index >= 15 is 0 Å². The van der Waals surface area contributed by atoms with Crippen molar-refractivity contribution in [2.24, 2.45) is 5.92 Å². The van der Waals surface area contributed by atoms with E-state index in [0.29, 0.717) is 12.2 Å². The summed E-state index contributed by atoms with van der Waals surface area (Å²) in [6, 6.07) is 5.98. The highest BCUT2D eigenvalue weighted by Gasteiger charge is 2.26. The van der Waals surface area contributed by atoms with Gasteiger partial charge in [0.15, 0.2) is 11.5 Å². The molecule has 0 atom stereocenters. The zero-order chi connectivity index (χ0) is 21.2. The summed E-state index contributed by atoms with van der Waals surface area (Å²) in [5.41, 5.74) is 3.77. The molecule has 1 saturated heterocycles. The van der Waals surface area contributed by atoms with Gasteiger partial charge in [-0.3, -0.25) is 4.79 Å². The van der Waals surface area contributed by atoms with Crippen LogP contribution in [0.25, 0.3) is 22.1 Å². The summed E-state index contributed by atoms with van der Waals surface area (Å²) in [6.07, 6.45) is 7.55. The Balaban J connectivity index is 1.15. The second-order valence-corrected chi connectivity index (χ2v) is 7.83. The predicted octanol–water partition coefficient (Wildman–Crippen LogP) is 2.42. The van der Waals surface area contributed by atoms with E-state index in [0.717, 1.165) is 60.3 Å². The normalized spacial score (nSPS) is 14.9. The van der Waals surface area contributed by atoms with Crippen molar-refractivity contribution in [1.29, 1.82) is 0 Å². The number of methoxy groups -OCH3 is 1. The van der Waals surface area contributed by atoms with Crippen LogP contribution in [-0.2, 0) is 11.2 Å². The third-order valence-electron chi connectivity index (χ3n) is 6.04. The summed E-state index contributed by atoms with van der Waals surface area (Å²) < 4.78 is 5.33. The summed E-state index contributed by atoms with van der Waals surface area (Å²) in [4.78, 5) is 34.1. The van der Waals surface area contributed by atoms with Crippen molar-refractivity contribution in [2.75, 3.05) is 31.6 Å². The first kappa shape index (κ1) is 19.3. The smallest absolute Gasteiger partial charge is 0.223 e. The topological polar surface area (TPSA) is 112 Å². The van der Waals surface area contributed by atoms with E-state index in [1.807, 2.05) is 24.4 Å². The molecule has 9 heteroatoms. The maximum absolute atomic E-state index is 12.7. The fraction of sp³-hybridized carbons (Fsp3) is 0.364. The molecule has 1 aromatic carbocycles. The highest BCUT2D eigenvalue weighted by Crippen LogP contribution is 2.26. The van der Waals surface area contributed by atoms with Crippen molar-refractivity contribution in [3.8, 4) is 5.75 Å². The number of ether oxygens (including phenoxy) is 1. The molecular weight excluding hydrogens is 394 g/mol. The standard InChI is InChI=1S/C22H25N7O2/c1-31-16-2-3-18-17(10-16)15(11-24-18)4-7-23-22(30)14-5-8-29(9-6-14)21-19-20(26-12-25-19)27-13-28-21/h2-3,10-14,24H,4-9H2,1H3,(H,23,30)(H,25,26,27,28). The Kier molecular flexibility index (Phi) is 5.15. The summed E-state index contributed by atoms with van der Waals surface area (Å²) in [5.74, 6) is 1.85. The number of anilines is 1. The number of H-pyrrole nitrogens is 2. The van der Waals surface area contributed by atoms with E-state index in [4.69, 9.17) is 4.74 Å². The number of amides is 1. The van der Waals surface area contributed by atoms with E-state index in [1.165, 1.54) is 11.9 Å². The van der Waals surface area contributed by atoms with Gasteiger partial charge in [0.25, 0.3) is 0 Å². The Labute approximate surface area is 179 Å². The van der Waals surface area contributed by atoms with Crippen molar-refractivity contribution < 1.29 is 9.53 Å². The Morgan fingerprint density at radius 1 is 1.23 bits per heavy atom. The van der Waals surface area contributed by atoms with Gasteiger partial charge in [0.05, 0.1) is 13.4 Å². The predicted molar refractivity (Wildman–Crippen MR) is 118 cm³/mol. The molecule has 1 aliphatic rings. The monoisotopic (exact) mass is 419 g/mol. The second kappa shape index (κ2) is 8.25. The summed E-state index contributed by atoms with van der Waals surface area (Å²) in [6.45, 7) is 2.18. The van der Waals surface area contributed by atoms with Gasteiger partial charge >= 0.3 is 0 Å². The first-order valence-corrected chi connectivity index (χ1v) is 10.5. The number of piperidine rings is 1. The number of carbonyl (C=O) groups excluding carboxylic acids is 1. The molecule has 0 aliphatic carbocycles. The molecule has 1 aliphatic heterocycles. The summed E-state index contributed by atoms with van der Waals surface area (Å²) in [5, 5.41) is 4.26. The number of rotatable bonds is 6. The van der Waals surface area contributed by atoms with E-state index in [2.05, 4.69) is 35.1 Å². The van der Waals surface area contributed by atoms with Crippen LogP contribution in [-0.4, -0.2) is 57.6 Å². The van der Waals surface area contributed by atoms with E-state index in [-0.39, 0.29) is 11.8 Å². The zero-order valence-electron chi connectivity index (χ0n) is 17.4. The molecule has 1 fully saturated rings. The van der Waals surface area contributed by atoms with Gasteiger partial charge in [-0.2, -0.15) is 0 Å². The molecule has 3 aromatic heterocycles. The van der Waals surface area contributed by atoms with E-state index in [9.17, 15) is 4.79 Å². The van der Waals surface area contributed by atoms with E-state index in [1.54, 1.807) is 13.4 Å². The fourth-order valence-electron chi connectivity index (χ4n) is 4.30. The van der Waals surface area contributed by atoms with Crippen molar-refractivity contribution >= 4 is 33.8 Å². The third-order valence-corrected chi connectivity index (χ3v) is 6.04. The Bertz CT molecular complexity index is 1210. The van der Waals surface area contributed by atoms with Crippen LogP contribution >= 0.6 is 0 Å². The van der Waals surface area contributed by atoms with Crippen LogP contribution in [0.3, 0.4) is 0 Å². The first-order valence-electron chi connectivity index (χ1n) is 10.5. The Morgan fingerprint density at radius 2 is 2.10 bits per heavy atom. The lowest BCUT2D eigenvalue weighted by atomic mass is 9.95. The van der Waals surface area contributed by atoms with Gasteiger partial charge in [0.1, 0.15) is 17.6 Å². The Morgan fingerprint density at radius 3 is 2.94 bits per heavy atom. The minimum atomic E-state index is 0.0263. The number of fused-ring (bicyclic) bond motifs is 2. The van der Waals surface area contributed by atoms with Crippen LogP contribution in [0.2, 0.25) is 0 Å². The third kappa shape index (κ3) is 3.78. The highest BCUT2D eigenvalue weighted by molar-refractivity contribution is 5.85. The Hall–Kier alpha value is -3.62. The molecule has 0 unspecified atom stereocenters. The SMILES string of the molecule is COc1ccc2[nH]cc(CCNC(=O)C3CCN(c4ncnc5nc[nH]c45)CC3)c2c1. The van der Waals surface area contributed by atoms with Crippen molar-refractivity contribution in [1.82, 2.24) is 30.2 Å².